The molecule has 44 heavy (non-hydrogen) atoms. The first-order chi connectivity index (χ1) is 20.9. The van der Waals surface area contributed by atoms with E-state index in [9.17, 15) is 14.4 Å². The predicted molar refractivity (Wildman–Crippen MR) is 176 cm³/mol. The highest BCUT2D eigenvalue weighted by Gasteiger charge is 2.36. The summed E-state index contributed by atoms with van der Waals surface area (Å²) in [4.78, 5) is 47.2. The van der Waals surface area contributed by atoms with E-state index in [0.29, 0.717) is 31.2 Å². The molecule has 10 heteroatoms. The Morgan fingerprint density at radius 3 is 2.43 bits per heavy atom. The summed E-state index contributed by atoms with van der Waals surface area (Å²) in [5.41, 5.74) is 6.24. The quantitative estimate of drug-likeness (QED) is 0.327. The van der Waals surface area contributed by atoms with Gasteiger partial charge in [0.15, 0.2) is 5.82 Å². The third-order valence-electron chi connectivity index (χ3n) is 9.07. The van der Waals surface area contributed by atoms with Crippen LogP contribution in [-0.4, -0.2) is 81.1 Å². The summed E-state index contributed by atoms with van der Waals surface area (Å²) in [5.74, 6) is -0.708. The number of nitrogens with one attached hydrogen (secondary N) is 1. The molecule has 244 valence electrons. The second-order valence-corrected chi connectivity index (χ2v) is 13.9. The Morgan fingerprint density at radius 1 is 1.07 bits per heavy atom. The van der Waals surface area contributed by atoms with Crippen LogP contribution in [0.1, 0.15) is 105 Å². The normalized spacial score (nSPS) is 21.2. The van der Waals surface area contributed by atoms with Crippen LogP contribution in [0.2, 0.25) is 0 Å². The van der Waals surface area contributed by atoms with Crippen molar-refractivity contribution in [1.29, 1.82) is 0 Å². The first kappa shape index (κ1) is 33.9. The number of amides is 1. The molecule has 1 aliphatic carbocycles. The number of fused-ring (bicyclic) bond motifs is 1. The Bertz CT molecular complexity index is 1310. The predicted octanol–water partition coefficient (Wildman–Crippen LogP) is 4.85. The van der Waals surface area contributed by atoms with Gasteiger partial charge in [-0.2, -0.15) is 0 Å². The molecule has 2 fully saturated rings. The third-order valence-corrected chi connectivity index (χ3v) is 9.07. The van der Waals surface area contributed by atoms with Gasteiger partial charge in [-0.25, -0.2) is 4.98 Å². The van der Waals surface area contributed by atoms with Crippen molar-refractivity contribution in [2.24, 2.45) is 5.73 Å². The Hall–Kier alpha value is -2.98. The van der Waals surface area contributed by atoms with E-state index in [1.54, 1.807) is 25.7 Å². The number of benzene rings is 1. The lowest BCUT2D eigenvalue weighted by molar-refractivity contribution is -0.156. The van der Waals surface area contributed by atoms with Crippen LogP contribution in [0.5, 0.6) is 0 Å². The number of likely N-dealkylation sites (tertiary alicyclic amines) is 1. The molecule has 3 atom stereocenters. The number of nitrogens with two attached hydrogens (primary N) is 1. The number of hydrogen-bond donors (Lipinski definition) is 2. The zero-order valence-corrected chi connectivity index (χ0v) is 27.5. The van der Waals surface area contributed by atoms with Gasteiger partial charge in [0.25, 0.3) is 5.56 Å². The van der Waals surface area contributed by atoms with E-state index in [0.717, 1.165) is 23.9 Å². The number of aromatic nitrogens is 2. The van der Waals surface area contributed by atoms with Crippen LogP contribution >= 0.6 is 0 Å². The average molecular weight is 611 g/mol. The van der Waals surface area contributed by atoms with Crippen molar-refractivity contribution in [3.63, 3.8) is 0 Å². The fourth-order valence-electron chi connectivity index (χ4n) is 7.25. The maximum atomic E-state index is 14.0. The molecule has 1 unspecified atom stereocenters. The Labute approximate surface area is 262 Å². The molecule has 1 aliphatic heterocycles. The number of ether oxygens (including phenoxy) is 1. The first-order valence-corrected chi connectivity index (χ1v) is 16.7. The molecule has 10 nitrogen and oxygen atoms in total. The van der Waals surface area contributed by atoms with Crippen LogP contribution in [0.3, 0.4) is 0 Å². The molecule has 1 aromatic carbocycles. The summed E-state index contributed by atoms with van der Waals surface area (Å²) in [5, 5.41) is 3.20. The zero-order chi connectivity index (χ0) is 31.9. The molecule has 0 spiro atoms. The third kappa shape index (κ3) is 9.27. The van der Waals surface area contributed by atoms with Crippen LogP contribution < -0.4 is 16.6 Å². The van der Waals surface area contributed by atoms with Gasteiger partial charge in [0.05, 0.1) is 24.1 Å². The van der Waals surface area contributed by atoms with Gasteiger partial charge in [-0.15, -0.1) is 0 Å². The average Bonchev–Trinajstić information content (AvgIpc) is 3.26. The van der Waals surface area contributed by atoms with Crippen LogP contribution in [-0.2, 0) is 14.3 Å². The second kappa shape index (κ2) is 15.3. The summed E-state index contributed by atoms with van der Waals surface area (Å²) in [6.45, 7) is 10.4. The molecule has 1 saturated carbocycles. The van der Waals surface area contributed by atoms with Crippen molar-refractivity contribution in [1.82, 2.24) is 19.4 Å². The van der Waals surface area contributed by atoms with Crippen molar-refractivity contribution in [2.45, 2.75) is 129 Å². The number of nitrogens with zero attached hydrogens (tertiary/aromatic N) is 4. The molecule has 1 saturated heterocycles. The van der Waals surface area contributed by atoms with Gasteiger partial charge < -0.3 is 20.4 Å². The van der Waals surface area contributed by atoms with Crippen molar-refractivity contribution >= 4 is 28.7 Å². The molecule has 1 aromatic heterocycles. The van der Waals surface area contributed by atoms with Crippen molar-refractivity contribution in [3.05, 3.63) is 34.6 Å². The molecule has 2 aromatic rings. The largest absolute Gasteiger partial charge is 0.459 e. The maximum Gasteiger partial charge on any atom is 0.320 e. The van der Waals surface area contributed by atoms with Gasteiger partial charge in [-0.05, 0) is 78.9 Å². The summed E-state index contributed by atoms with van der Waals surface area (Å²) in [6, 6.07) is 9.45. The Balaban J connectivity index is 1.50. The van der Waals surface area contributed by atoms with E-state index >= 15 is 0 Å². The molecule has 2 aliphatic rings. The van der Waals surface area contributed by atoms with E-state index in [1.165, 1.54) is 51.4 Å². The lowest BCUT2D eigenvalue weighted by Crippen LogP contribution is -2.44. The lowest BCUT2D eigenvalue weighted by Gasteiger charge is -2.38. The number of anilines is 1. The minimum Gasteiger partial charge on any atom is -0.459 e. The molecular weight excluding hydrogens is 556 g/mol. The summed E-state index contributed by atoms with van der Waals surface area (Å²) in [6.07, 6.45) is 12.5. The van der Waals surface area contributed by atoms with Gasteiger partial charge in [0, 0.05) is 37.3 Å². The summed E-state index contributed by atoms with van der Waals surface area (Å²) in [7, 11) is 0. The van der Waals surface area contributed by atoms with E-state index in [1.807, 2.05) is 28.8 Å². The Morgan fingerprint density at radius 2 is 1.75 bits per heavy atom. The molecular formula is C34H54N6O4. The van der Waals surface area contributed by atoms with Gasteiger partial charge >= 0.3 is 5.97 Å². The number of carbonyl (C=O) groups excluding carboxylic acids is 2. The highest BCUT2D eigenvalue weighted by atomic mass is 16.6. The molecule has 3 N–H and O–H groups in total. The smallest absolute Gasteiger partial charge is 0.320 e. The molecule has 0 radical (unpaired) electrons. The Kier molecular flexibility index (Phi) is 11.8. The van der Waals surface area contributed by atoms with Crippen LogP contribution in [0.4, 0.5) is 5.82 Å². The monoisotopic (exact) mass is 610 g/mol. The van der Waals surface area contributed by atoms with Crippen LogP contribution in [0, 0.1) is 0 Å². The molecule has 0 bridgehead atoms. The highest BCUT2D eigenvalue weighted by molar-refractivity contribution is 5.78. The van der Waals surface area contributed by atoms with Crippen LogP contribution in [0.25, 0.3) is 11.0 Å². The van der Waals surface area contributed by atoms with Crippen molar-refractivity contribution in [2.75, 3.05) is 31.5 Å². The van der Waals surface area contributed by atoms with E-state index in [4.69, 9.17) is 10.5 Å². The van der Waals surface area contributed by atoms with Gasteiger partial charge in [-0.1, -0.05) is 44.2 Å². The number of hydrogen-bond acceptors (Lipinski definition) is 8. The van der Waals surface area contributed by atoms with Crippen LogP contribution in [0.15, 0.2) is 29.1 Å². The topological polar surface area (TPSA) is 123 Å². The van der Waals surface area contributed by atoms with E-state index in [-0.39, 0.29) is 30.5 Å². The summed E-state index contributed by atoms with van der Waals surface area (Å²) < 4.78 is 7.33. The number of para-hydroxylation sites is 2. The van der Waals surface area contributed by atoms with Gasteiger partial charge in [0.1, 0.15) is 5.60 Å². The molecule has 1 amide bonds. The fraction of sp³-hybridized carbons (Fsp3) is 0.706. The zero-order valence-electron chi connectivity index (χ0n) is 27.5. The standard InChI is InChI=1S/C34H54N6O4/c1-24-17-18-27(39(24)26-13-9-7-6-8-10-14-26)21-25(2)40-29-16-12-11-15-28(29)37-32(33(40)43)36-19-20-38(22-30(35)41)23-31(42)44-34(3,4)5/h11-12,15-16,24-27H,6-10,13-14,17-23H2,1-5H3,(H2,35,41)(H,36,37)/t24?,25-,27-/m0/s1. The number of esters is 1. The van der Waals surface area contributed by atoms with E-state index < -0.39 is 17.5 Å². The maximum absolute atomic E-state index is 14.0. The highest BCUT2D eigenvalue weighted by Crippen LogP contribution is 2.36. The van der Waals surface area contributed by atoms with E-state index in [2.05, 4.69) is 29.0 Å². The number of rotatable bonds is 12. The minimum absolute atomic E-state index is 0.0131. The van der Waals surface area contributed by atoms with Gasteiger partial charge in [-0.3, -0.25) is 24.2 Å². The van der Waals surface area contributed by atoms with Gasteiger partial charge in [0.2, 0.25) is 5.91 Å². The van der Waals surface area contributed by atoms with Crippen molar-refractivity contribution < 1.29 is 14.3 Å². The summed E-state index contributed by atoms with van der Waals surface area (Å²) >= 11 is 0. The molecule has 4 rings (SSSR count). The lowest BCUT2D eigenvalue weighted by atomic mass is 9.94. The SMILES string of the molecule is CC1CC[C@@H](C[C@H](C)n2c(=O)c(NCCN(CC(N)=O)CC(=O)OC(C)(C)C)nc3ccccc32)N1C1CCCCCCC1. The minimum atomic E-state index is -0.632. The molecule has 2 heterocycles. The first-order valence-electron chi connectivity index (χ1n) is 16.7. The van der Waals surface area contributed by atoms with Crippen molar-refractivity contribution in [3.8, 4) is 0 Å². The second-order valence-electron chi connectivity index (χ2n) is 13.9. The number of carbonyl (C=O) groups is 2. The fourth-order valence-corrected chi connectivity index (χ4v) is 7.25. The number of primary amides is 1.